The van der Waals surface area contributed by atoms with E-state index in [1.165, 1.54) is 0 Å². The Balaban J connectivity index is 2.31. The summed E-state index contributed by atoms with van der Waals surface area (Å²) in [6.45, 7) is 6.23. The first kappa shape index (κ1) is 15.0. The summed E-state index contributed by atoms with van der Waals surface area (Å²) in [7, 11) is 1.81. The van der Waals surface area contributed by atoms with E-state index in [9.17, 15) is 4.79 Å². The van der Waals surface area contributed by atoms with Crippen LogP contribution in [0.1, 0.15) is 41.4 Å². The number of aryl methyl sites for hydroxylation is 1. The van der Waals surface area contributed by atoms with Gasteiger partial charge < -0.3 is 10.6 Å². The Bertz CT molecular complexity index is 650. The molecule has 0 aliphatic rings. The second kappa shape index (κ2) is 6.39. The fourth-order valence-corrected chi connectivity index (χ4v) is 2.23. The summed E-state index contributed by atoms with van der Waals surface area (Å²) in [5, 5.41) is 6.01. The Morgan fingerprint density at radius 1 is 1.24 bits per heavy atom. The molecule has 1 heterocycles. The molecule has 4 heteroatoms. The summed E-state index contributed by atoms with van der Waals surface area (Å²) in [6.07, 6.45) is 1.63. The Morgan fingerprint density at radius 3 is 2.67 bits per heavy atom. The van der Waals surface area contributed by atoms with Gasteiger partial charge in [0.15, 0.2) is 0 Å². The summed E-state index contributed by atoms with van der Waals surface area (Å²) in [5.74, 6) is 0.153. The van der Waals surface area contributed by atoms with E-state index in [0.29, 0.717) is 11.6 Å². The average molecular weight is 283 g/mol. The zero-order chi connectivity index (χ0) is 15.4. The minimum atomic E-state index is -0.191. The van der Waals surface area contributed by atoms with Crippen LogP contribution in [0.5, 0.6) is 0 Å². The number of carbonyl (C=O) groups is 1. The Morgan fingerprint density at radius 2 is 2.00 bits per heavy atom. The molecular weight excluding hydrogens is 262 g/mol. The molecule has 0 aliphatic heterocycles. The summed E-state index contributed by atoms with van der Waals surface area (Å²) < 4.78 is 0. The van der Waals surface area contributed by atoms with Crippen molar-refractivity contribution in [3.8, 4) is 0 Å². The van der Waals surface area contributed by atoms with Crippen LogP contribution in [0.25, 0.3) is 0 Å². The monoisotopic (exact) mass is 283 g/mol. The first-order valence-electron chi connectivity index (χ1n) is 7.07. The van der Waals surface area contributed by atoms with Crippen molar-refractivity contribution in [2.75, 3.05) is 17.7 Å². The molecule has 0 unspecified atom stereocenters. The number of nitrogens with zero attached hydrogens (tertiary/aromatic N) is 1. The van der Waals surface area contributed by atoms with Crippen LogP contribution in [-0.4, -0.2) is 17.9 Å². The molecule has 2 aromatic rings. The van der Waals surface area contributed by atoms with Gasteiger partial charge in [0, 0.05) is 24.6 Å². The van der Waals surface area contributed by atoms with E-state index in [1.807, 2.05) is 38.2 Å². The van der Waals surface area contributed by atoms with Gasteiger partial charge in [0.25, 0.3) is 5.91 Å². The number of anilines is 2. The summed E-state index contributed by atoms with van der Waals surface area (Å²) in [5.41, 5.74) is 4.34. The van der Waals surface area contributed by atoms with Gasteiger partial charge in [-0.3, -0.25) is 9.78 Å². The van der Waals surface area contributed by atoms with Gasteiger partial charge >= 0.3 is 0 Å². The summed E-state index contributed by atoms with van der Waals surface area (Å²) in [4.78, 5) is 16.5. The van der Waals surface area contributed by atoms with Crippen LogP contribution in [0, 0.1) is 6.92 Å². The number of aromatic nitrogens is 1. The predicted octanol–water partition coefficient (Wildman–Crippen LogP) is 3.81. The van der Waals surface area contributed by atoms with Crippen molar-refractivity contribution in [3.05, 3.63) is 53.3 Å². The maximum absolute atomic E-state index is 12.4. The zero-order valence-corrected chi connectivity index (χ0v) is 12.9. The molecule has 2 rings (SSSR count). The van der Waals surface area contributed by atoms with Crippen LogP contribution in [0.2, 0.25) is 0 Å². The molecule has 0 bridgehead atoms. The van der Waals surface area contributed by atoms with Crippen LogP contribution in [-0.2, 0) is 0 Å². The van der Waals surface area contributed by atoms with Crippen LogP contribution in [0.4, 0.5) is 11.4 Å². The highest BCUT2D eigenvalue weighted by molar-refractivity contribution is 6.04. The molecule has 110 valence electrons. The van der Waals surface area contributed by atoms with Crippen molar-refractivity contribution >= 4 is 17.3 Å². The van der Waals surface area contributed by atoms with Gasteiger partial charge in [0.2, 0.25) is 0 Å². The lowest BCUT2D eigenvalue weighted by atomic mass is 9.98. The van der Waals surface area contributed by atoms with Gasteiger partial charge in [-0.25, -0.2) is 0 Å². The lowest BCUT2D eigenvalue weighted by Crippen LogP contribution is -2.16. The second-order valence-corrected chi connectivity index (χ2v) is 5.33. The topological polar surface area (TPSA) is 54.0 Å². The minimum Gasteiger partial charge on any atom is -0.388 e. The van der Waals surface area contributed by atoms with E-state index < -0.39 is 0 Å². The Hall–Kier alpha value is -2.36. The molecule has 2 N–H and O–H groups in total. The van der Waals surface area contributed by atoms with E-state index >= 15 is 0 Å². The standard InChI is InChI=1S/C17H21N3O/c1-11(2)14-7-5-6-12(3)16(14)20-17(21)15-10-13(18-4)8-9-19-15/h5-11H,1-4H3,(H,18,19)(H,20,21). The molecule has 0 atom stereocenters. The highest BCUT2D eigenvalue weighted by atomic mass is 16.1. The van der Waals surface area contributed by atoms with Crippen molar-refractivity contribution in [1.82, 2.24) is 4.98 Å². The maximum Gasteiger partial charge on any atom is 0.274 e. The normalized spacial score (nSPS) is 10.5. The molecule has 0 fully saturated rings. The number of para-hydroxylation sites is 1. The molecular formula is C17H21N3O. The highest BCUT2D eigenvalue weighted by Gasteiger charge is 2.14. The number of nitrogens with one attached hydrogen (secondary N) is 2. The quantitative estimate of drug-likeness (QED) is 0.897. The third-order valence-electron chi connectivity index (χ3n) is 3.45. The third kappa shape index (κ3) is 3.40. The number of hydrogen-bond donors (Lipinski definition) is 2. The largest absolute Gasteiger partial charge is 0.388 e. The Kier molecular flexibility index (Phi) is 4.58. The fraction of sp³-hybridized carbons (Fsp3) is 0.294. The molecule has 1 aromatic heterocycles. The summed E-state index contributed by atoms with van der Waals surface area (Å²) >= 11 is 0. The predicted molar refractivity (Wildman–Crippen MR) is 87.0 cm³/mol. The van der Waals surface area contributed by atoms with Crippen molar-refractivity contribution in [2.24, 2.45) is 0 Å². The van der Waals surface area contributed by atoms with E-state index in [0.717, 1.165) is 22.5 Å². The van der Waals surface area contributed by atoms with E-state index in [-0.39, 0.29) is 5.91 Å². The van der Waals surface area contributed by atoms with Crippen LogP contribution in [0.3, 0.4) is 0 Å². The SMILES string of the molecule is CNc1ccnc(C(=O)Nc2c(C)cccc2C(C)C)c1. The number of rotatable bonds is 4. The van der Waals surface area contributed by atoms with E-state index in [1.54, 1.807) is 12.3 Å². The van der Waals surface area contributed by atoms with Gasteiger partial charge in [0.05, 0.1) is 0 Å². The average Bonchev–Trinajstić information content (AvgIpc) is 2.49. The molecule has 21 heavy (non-hydrogen) atoms. The van der Waals surface area contributed by atoms with Crippen LogP contribution < -0.4 is 10.6 Å². The highest BCUT2D eigenvalue weighted by Crippen LogP contribution is 2.27. The smallest absolute Gasteiger partial charge is 0.274 e. The molecule has 0 spiro atoms. The maximum atomic E-state index is 12.4. The van der Waals surface area contributed by atoms with E-state index in [2.05, 4.69) is 29.5 Å². The van der Waals surface area contributed by atoms with Crippen LogP contribution in [0.15, 0.2) is 36.5 Å². The Labute approximate surface area is 125 Å². The van der Waals surface area contributed by atoms with Gasteiger partial charge in [0.1, 0.15) is 5.69 Å². The molecule has 1 aromatic carbocycles. The van der Waals surface area contributed by atoms with Gasteiger partial charge in [-0.1, -0.05) is 32.0 Å². The second-order valence-electron chi connectivity index (χ2n) is 5.33. The third-order valence-corrected chi connectivity index (χ3v) is 3.45. The van der Waals surface area contributed by atoms with Gasteiger partial charge in [-0.15, -0.1) is 0 Å². The van der Waals surface area contributed by atoms with Crippen molar-refractivity contribution in [1.29, 1.82) is 0 Å². The molecule has 0 saturated heterocycles. The number of carbonyl (C=O) groups excluding carboxylic acids is 1. The van der Waals surface area contributed by atoms with Gasteiger partial charge in [-0.05, 0) is 36.1 Å². The lowest BCUT2D eigenvalue weighted by Gasteiger charge is -2.16. The molecule has 0 saturated carbocycles. The van der Waals surface area contributed by atoms with Crippen molar-refractivity contribution in [2.45, 2.75) is 26.7 Å². The number of pyridine rings is 1. The van der Waals surface area contributed by atoms with Crippen molar-refractivity contribution < 1.29 is 4.79 Å². The van der Waals surface area contributed by atoms with E-state index in [4.69, 9.17) is 0 Å². The summed E-state index contributed by atoms with van der Waals surface area (Å²) in [6, 6.07) is 9.62. The molecule has 1 amide bonds. The fourth-order valence-electron chi connectivity index (χ4n) is 2.23. The molecule has 0 aliphatic carbocycles. The van der Waals surface area contributed by atoms with Crippen LogP contribution >= 0.6 is 0 Å². The first-order chi connectivity index (χ1) is 10.0. The molecule has 0 radical (unpaired) electrons. The van der Waals surface area contributed by atoms with Gasteiger partial charge in [-0.2, -0.15) is 0 Å². The number of benzene rings is 1. The first-order valence-corrected chi connectivity index (χ1v) is 7.07. The lowest BCUT2D eigenvalue weighted by molar-refractivity contribution is 0.102. The zero-order valence-electron chi connectivity index (χ0n) is 12.9. The number of hydrogen-bond acceptors (Lipinski definition) is 3. The van der Waals surface area contributed by atoms with Crippen molar-refractivity contribution in [3.63, 3.8) is 0 Å². The minimum absolute atomic E-state index is 0.191. The number of amides is 1. The molecule has 4 nitrogen and oxygen atoms in total.